The van der Waals surface area contributed by atoms with Crippen LogP contribution in [0.1, 0.15) is 43.0 Å². The summed E-state index contributed by atoms with van der Waals surface area (Å²) in [6, 6.07) is 4.98. The molecule has 1 aromatic rings. The van der Waals surface area contributed by atoms with E-state index in [9.17, 15) is 9.18 Å². The third-order valence-corrected chi connectivity index (χ3v) is 4.51. The van der Waals surface area contributed by atoms with Crippen LogP contribution in [0.2, 0.25) is 0 Å². The highest BCUT2D eigenvalue weighted by Gasteiger charge is 2.25. The summed E-state index contributed by atoms with van der Waals surface area (Å²) in [4.78, 5) is 14.5. The molecule has 0 aromatic heterocycles. The molecule has 1 N–H and O–H groups in total. The Bertz CT molecular complexity index is 469. The van der Waals surface area contributed by atoms with Crippen LogP contribution in [0.15, 0.2) is 22.7 Å². The molecule has 0 saturated carbocycles. The van der Waals surface area contributed by atoms with Crippen LogP contribution in [-0.4, -0.2) is 36.5 Å². The van der Waals surface area contributed by atoms with E-state index < -0.39 is 5.82 Å². The predicted octanol–water partition coefficient (Wildman–Crippen LogP) is 3.58. The quantitative estimate of drug-likeness (QED) is 0.844. The third kappa shape index (κ3) is 4.27. The first-order valence-corrected chi connectivity index (χ1v) is 8.39. The molecule has 1 heterocycles. The maximum absolute atomic E-state index is 14.0. The van der Waals surface area contributed by atoms with E-state index in [-0.39, 0.29) is 11.5 Å². The predicted molar refractivity (Wildman–Crippen MR) is 85.9 cm³/mol. The van der Waals surface area contributed by atoms with Gasteiger partial charge in [0.2, 0.25) is 0 Å². The number of hydrogen-bond acceptors (Lipinski definition) is 2. The molecule has 5 heteroatoms. The average Bonchev–Trinajstić information content (AvgIpc) is 2.96. The van der Waals surface area contributed by atoms with Crippen molar-refractivity contribution in [3.05, 3.63) is 34.1 Å². The second-order valence-corrected chi connectivity index (χ2v) is 6.35. The normalized spacial score (nSPS) is 18.0. The maximum atomic E-state index is 14.0. The van der Waals surface area contributed by atoms with Crippen molar-refractivity contribution >= 4 is 21.8 Å². The first-order valence-electron chi connectivity index (χ1n) is 7.60. The van der Waals surface area contributed by atoms with Crippen LogP contribution in [0.25, 0.3) is 0 Å². The summed E-state index contributed by atoms with van der Waals surface area (Å²) in [5, 5.41) is 3.40. The molecule has 21 heavy (non-hydrogen) atoms. The molecule has 2 rings (SSSR count). The molecular weight excluding hydrogens is 335 g/mol. The van der Waals surface area contributed by atoms with Crippen molar-refractivity contribution in [3.8, 4) is 0 Å². The Balaban J connectivity index is 2.16. The van der Waals surface area contributed by atoms with Crippen LogP contribution in [0.3, 0.4) is 0 Å². The number of carbonyl (C=O) groups excluding carboxylic acids is 1. The summed E-state index contributed by atoms with van der Waals surface area (Å²) in [6.07, 6.45) is 4.17. The Morgan fingerprint density at radius 3 is 2.95 bits per heavy atom. The van der Waals surface area contributed by atoms with Crippen molar-refractivity contribution < 1.29 is 9.18 Å². The maximum Gasteiger partial charge on any atom is 0.258 e. The Morgan fingerprint density at radius 2 is 2.33 bits per heavy atom. The van der Waals surface area contributed by atoms with Gasteiger partial charge in [0.1, 0.15) is 5.82 Å². The molecule has 1 aliphatic rings. The van der Waals surface area contributed by atoms with Crippen molar-refractivity contribution in [2.24, 2.45) is 0 Å². The van der Waals surface area contributed by atoms with E-state index in [0.717, 1.165) is 32.2 Å². The molecule has 0 bridgehead atoms. The van der Waals surface area contributed by atoms with Crippen molar-refractivity contribution in [3.63, 3.8) is 0 Å². The number of nitrogens with zero attached hydrogens (tertiary/aromatic N) is 1. The number of rotatable bonds is 6. The highest BCUT2D eigenvalue weighted by molar-refractivity contribution is 9.10. The third-order valence-electron chi connectivity index (χ3n) is 3.85. The van der Waals surface area contributed by atoms with Gasteiger partial charge < -0.3 is 10.2 Å². The van der Waals surface area contributed by atoms with Crippen LogP contribution in [0.5, 0.6) is 0 Å². The van der Waals surface area contributed by atoms with Crippen molar-refractivity contribution in [2.75, 3.05) is 19.6 Å². The second-order valence-electron chi connectivity index (χ2n) is 5.49. The minimum absolute atomic E-state index is 0.145. The van der Waals surface area contributed by atoms with Gasteiger partial charge in [0.05, 0.1) is 5.56 Å². The zero-order chi connectivity index (χ0) is 15.2. The zero-order valence-corrected chi connectivity index (χ0v) is 14.0. The number of carbonyl (C=O) groups is 1. The molecule has 3 nitrogen and oxygen atoms in total. The lowest BCUT2D eigenvalue weighted by molar-refractivity contribution is 0.0733. The Morgan fingerprint density at radius 1 is 1.52 bits per heavy atom. The number of hydrogen-bond donors (Lipinski definition) is 1. The van der Waals surface area contributed by atoms with Crippen molar-refractivity contribution in [2.45, 2.75) is 38.6 Å². The fourth-order valence-electron chi connectivity index (χ4n) is 2.66. The second kappa shape index (κ2) is 7.90. The van der Waals surface area contributed by atoms with E-state index in [1.807, 2.05) is 0 Å². The lowest BCUT2D eigenvalue weighted by Crippen LogP contribution is -2.42. The fraction of sp³-hybridized carbons (Fsp3) is 0.562. The summed E-state index contributed by atoms with van der Waals surface area (Å²) in [6.45, 7) is 4.42. The molecular formula is C16H22BrFN2O. The summed E-state index contributed by atoms with van der Waals surface area (Å²) >= 11 is 3.29. The molecule has 0 aliphatic carbocycles. The monoisotopic (exact) mass is 356 g/mol. The summed E-state index contributed by atoms with van der Waals surface area (Å²) in [5.41, 5.74) is 0.145. The van der Waals surface area contributed by atoms with E-state index >= 15 is 0 Å². The molecule has 0 radical (unpaired) electrons. The van der Waals surface area contributed by atoms with Crippen LogP contribution in [0, 0.1) is 5.82 Å². The summed E-state index contributed by atoms with van der Waals surface area (Å²) < 4.78 is 14.5. The van der Waals surface area contributed by atoms with Gasteiger partial charge >= 0.3 is 0 Å². The summed E-state index contributed by atoms with van der Waals surface area (Å²) in [7, 11) is 0. The molecule has 1 fully saturated rings. The largest absolute Gasteiger partial charge is 0.337 e. The molecule has 1 aromatic carbocycles. The molecule has 116 valence electrons. The minimum atomic E-state index is -0.463. The van der Waals surface area contributed by atoms with Gasteiger partial charge in [0.25, 0.3) is 5.91 Å². The highest BCUT2D eigenvalue weighted by atomic mass is 79.9. The number of amides is 1. The molecule has 1 saturated heterocycles. The number of benzene rings is 1. The van der Waals surface area contributed by atoms with Gasteiger partial charge in [0, 0.05) is 23.6 Å². The first-order chi connectivity index (χ1) is 10.1. The van der Waals surface area contributed by atoms with Crippen LogP contribution in [0.4, 0.5) is 4.39 Å². The number of unbranched alkanes of at least 4 members (excludes halogenated alkanes) is 1. The molecule has 1 unspecified atom stereocenters. The van der Waals surface area contributed by atoms with E-state index in [0.29, 0.717) is 23.6 Å². The smallest absolute Gasteiger partial charge is 0.258 e. The minimum Gasteiger partial charge on any atom is -0.337 e. The number of halogens is 2. The Hall–Kier alpha value is -0.940. The molecule has 1 amide bonds. The van der Waals surface area contributed by atoms with Crippen molar-refractivity contribution in [1.29, 1.82) is 0 Å². The standard InChI is InChI=1S/C16H22BrFN2O/c1-2-3-10-20(11-12-6-5-9-19-12)16(21)15-13(17)7-4-8-14(15)18/h4,7-8,12,19H,2-3,5-6,9-11H2,1H3. The lowest BCUT2D eigenvalue weighted by atomic mass is 10.1. The van der Waals surface area contributed by atoms with E-state index in [4.69, 9.17) is 0 Å². The van der Waals surface area contributed by atoms with E-state index in [1.165, 1.54) is 6.07 Å². The average molecular weight is 357 g/mol. The van der Waals surface area contributed by atoms with Crippen molar-refractivity contribution in [1.82, 2.24) is 10.2 Å². The Kier molecular flexibility index (Phi) is 6.18. The first kappa shape index (κ1) is 16.4. The van der Waals surface area contributed by atoms with Gasteiger partial charge in [-0.2, -0.15) is 0 Å². The molecule has 1 aliphatic heterocycles. The SMILES string of the molecule is CCCCN(CC1CCCN1)C(=O)c1c(F)cccc1Br. The molecule has 0 spiro atoms. The van der Waals surface area contributed by atoms with Gasteiger partial charge in [0.15, 0.2) is 0 Å². The summed E-state index contributed by atoms with van der Waals surface area (Å²) in [5.74, 6) is -0.683. The van der Waals surface area contributed by atoms with Gasteiger partial charge in [-0.25, -0.2) is 4.39 Å². The van der Waals surface area contributed by atoms with Crippen LogP contribution >= 0.6 is 15.9 Å². The van der Waals surface area contributed by atoms with Gasteiger partial charge in [-0.1, -0.05) is 19.4 Å². The van der Waals surface area contributed by atoms with Gasteiger partial charge in [-0.05, 0) is 53.9 Å². The van der Waals surface area contributed by atoms with E-state index in [2.05, 4.69) is 28.2 Å². The molecule has 1 atom stereocenters. The fourth-order valence-corrected chi connectivity index (χ4v) is 3.18. The zero-order valence-electron chi connectivity index (χ0n) is 12.4. The Labute approximate surface area is 134 Å². The topological polar surface area (TPSA) is 32.3 Å². The van der Waals surface area contributed by atoms with E-state index in [1.54, 1.807) is 17.0 Å². The van der Waals surface area contributed by atoms with Gasteiger partial charge in [-0.15, -0.1) is 0 Å². The lowest BCUT2D eigenvalue weighted by Gasteiger charge is -2.26. The van der Waals surface area contributed by atoms with Gasteiger partial charge in [-0.3, -0.25) is 4.79 Å². The number of nitrogens with one attached hydrogen (secondary N) is 1. The van der Waals surface area contributed by atoms with Crippen LogP contribution in [-0.2, 0) is 0 Å². The van der Waals surface area contributed by atoms with Crippen LogP contribution < -0.4 is 5.32 Å². The highest BCUT2D eigenvalue weighted by Crippen LogP contribution is 2.22.